The van der Waals surface area contributed by atoms with Gasteiger partial charge in [-0.25, -0.2) is 4.79 Å². The van der Waals surface area contributed by atoms with Crippen molar-refractivity contribution >= 4 is 17.3 Å². The molecule has 1 N–H and O–H groups in total. The zero-order valence-electron chi connectivity index (χ0n) is 10.5. The first kappa shape index (κ1) is 14.0. The highest BCUT2D eigenvalue weighted by Crippen LogP contribution is 2.28. The maximum atomic E-state index is 10.9. The van der Waals surface area contributed by atoms with Crippen molar-refractivity contribution in [1.82, 2.24) is 0 Å². The summed E-state index contributed by atoms with van der Waals surface area (Å²) in [5.41, 5.74) is 0. The molecule has 0 saturated carbocycles. The number of aromatic carboxylic acids is 1. The van der Waals surface area contributed by atoms with Gasteiger partial charge < -0.3 is 9.84 Å². The Labute approximate surface area is 106 Å². The second kappa shape index (κ2) is 7.33. The van der Waals surface area contributed by atoms with Gasteiger partial charge in [0.1, 0.15) is 5.75 Å². The van der Waals surface area contributed by atoms with Crippen LogP contribution in [0.5, 0.6) is 5.75 Å². The molecule has 0 unspecified atom stereocenters. The molecule has 0 saturated heterocycles. The highest BCUT2D eigenvalue weighted by atomic mass is 32.1. The molecule has 0 aromatic carbocycles. The van der Waals surface area contributed by atoms with Crippen molar-refractivity contribution in [2.24, 2.45) is 0 Å². The molecule has 0 amide bonds. The van der Waals surface area contributed by atoms with E-state index in [-0.39, 0.29) is 0 Å². The number of carbonyl (C=O) groups is 1. The van der Waals surface area contributed by atoms with Crippen molar-refractivity contribution in [1.29, 1.82) is 0 Å². The summed E-state index contributed by atoms with van der Waals surface area (Å²) in [4.78, 5) is 12.2. The molecule has 1 heterocycles. The maximum absolute atomic E-state index is 10.9. The van der Waals surface area contributed by atoms with Crippen LogP contribution >= 0.6 is 11.3 Å². The summed E-state index contributed by atoms with van der Waals surface area (Å²) in [5.74, 6) is -0.375. The summed E-state index contributed by atoms with van der Waals surface area (Å²) in [6, 6.07) is 1.81. The number of carboxylic acid groups (broad SMARTS) is 1. The molecule has 1 rings (SSSR count). The zero-order valence-corrected chi connectivity index (χ0v) is 11.3. The molecule has 0 aliphatic carbocycles. The lowest BCUT2D eigenvalue weighted by molar-refractivity contribution is 0.0698. The molecule has 1 aromatic rings. The third-order valence-electron chi connectivity index (χ3n) is 2.52. The van der Waals surface area contributed by atoms with Gasteiger partial charge in [-0.1, -0.05) is 32.6 Å². The smallest absolute Gasteiger partial charge is 0.349 e. The summed E-state index contributed by atoms with van der Waals surface area (Å²) in [6.45, 7) is 4.69. The van der Waals surface area contributed by atoms with Crippen molar-refractivity contribution < 1.29 is 14.6 Å². The predicted octanol–water partition coefficient (Wildman–Crippen LogP) is 4.10. The number of rotatable bonds is 8. The van der Waals surface area contributed by atoms with Gasteiger partial charge in [0.15, 0.2) is 4.88 Å². The van der Waals surface area contributed by atoms with E-state index in [0.29, 0.717) is 17.2 Å². The number of aryl methyl sites for hydroxylation is 1. The van der Waals surface area contributed by atoms with Crippen molar-refractivity contribution in [3.63, 3.8) is 0 Å². The first-order valence-corrected chi connectivity index (χ1v) is 6.93. The SMILES string of the molecule is CCCCCCCOc1cc(C)sc1C(=O)O. The first-order valence-electron chi connectivity index (χ1n) is 6.11. The Morgan fingerprint density at radius 2 is 2.06 bits per heavy atom. The molecule has 1 aromatic heterocycles. The second-order valence-electron chi connectivity index (χ2n) is 4.12. The van der Waals surface area contributed by atoms with Gasteiger partial charge in [-0.05, 0) is 19.4 Å². The first-order chi connectivity index (χ1) is 8.15. The van der Waals surface area contributed by atoms with E-state index in [2.05, 4.69) is 6.92 Å². The Kier molecular flexibility index (Phi) is 6.05. The molecular formula is C13H20O3S. The van der Waals surface area contributed by atoms with Gasteiger partial charge in [-0.15, -0.1) is 11.3 Å². The monoisotopic (exact) mass is 256 g/mol. The second-order valence-corrected chi connectivity index (χ2v) is 5.37. The average Bonchev–Trinajstić information content (AvgIpc) is 2.65. The van der Waals surface area contributed by atoms with E-state index in [1.165, 1.54) is 30.6 Å². The molecule has 0 aliphatic heterocycles. The van der Waals surface area contributed by atoms with Crippen molar-refractivity contribution in [2.75, 3.05) is 6.61 Å². The molecule has 0 radical (unpaired) electrons. The third kappa shape index (κ3) is 4.77. The fraction of sp³-hybridized carbons (Fsp3) is 0.615. The topological polar surface area (TPSA) is 46.5 Å². The molecule has 17 heavy (non-hydrogen) atoms. The Hall–Kier alpha value is -1.03. The highest BCUT2D eigenvalue weighted by Gasteiger charge is 2.14. The molecule has 0 bridgehead atoms. The van der Waals surface area contributed by atoms with Crippen molar-refractivity contribution in [3.8, 4) is 5.75 Å². The van der Waals surface area contributed by atoms with Gasteiger partial charge >= 0.3 is 5.97 Å². The summed E-state index contributed by atoms with van der Waals surface area (Å²) in [5, 5.41) is 8.98. The van der Waals surface area contributed by atoms with Crippen molar-refractivity contribution in [3.05, 3.63) is 15.8 Å². The minimum absolute atomic E-state index is 0.316. The summed E-state index contributed by atoms with van der Waals surface area (Å²) >= 11 is 1.27. The normalized spacial score (nSPS) is 10.5. The van der Waals surface area contributed by atoms with Gasteiger partial charge in [0.25, 0.3) is 0 Å². The average molecular weight is 256 g/mol. The maximum Gasteiger partial charge on any atom is 0.349 e. The number of hydrogen-bond acceptors (Lipinski definition) is 3. The number of hydrogen-bond donors (Lipinski definition) is 1. The molecule has 3 nitrogen and oxygen atoms in total. The number of unbranched alkanes of at least 4 members (excludes halogenated alkanes) is 4. The lowest BCUT2D eigenvalue weighted by Crippen LogP contribution is -2.01. The molecule has 0 atom stereocenters. The summed E-state index contributed by atoms with van der Waals surface area (Å²) in [6.07, 6.45) is 5.87. The summed E-state index contributed by atoms with van der Waals surface area (Å²) in [7, 11) is 0. The van der Waals surface area contributed by atoms with E-state index < -0.39 is 5.97 Å². The fourth-order valence-electron chi connectivity index (χ4n) is 1.63. The molecule has 0 fully saturated rings. The Morgan fingerprint density at radius 3 is 2.71 bits per heavy atom. The van der Waals surface area contributed by atoms with Gasteiger partial charge in [0, 0.05) is 4.88 Å². The van der Waals surface area contributed by atoms with Crippen molar-refractivity contribution in [2.45, 2.75) is 46.0 Å². The molecule has 96 valence electrons. The lowest BCUT2D eigenvalue weighted by atomic mass is 10.2. The van der Waals surface area contributed by atoms with Crippen LogP contribution in [-0.4, -0.2) is 17.7 Å². The number of carboxylic acids is 1. The van der Waals surface area contributed by atoms with E-state index >= 15 is 0 Å². The minimum atomic E-state index is -0.899. The van der Waals surface area contributed by atoms with Crippen LogP contribution in [0.15, 0.2) is 6.07 Å². The third-order valence-corrected chi connectivity index (χ3v) is 3.54. The zero-order chi connectivity index (χ0) is 12.7. The highest BCUT2D eigenvalue weighted by molar-refractivity contribution is 7.14. The molecule has 4 heteroatoms. The van der Waals surface area contributed by atoms with Gasteiger partial charge in [-0.3, -0.25) is 0 Å². The fourth-order valence-corrected chi connectivity index (χ4v) is 2.43. The van der Waals surface area contributed by atoms with Crippen LogP contribution in [-0.2, 0) is 0 Å². The van der Waals surface area contributed by atoms with Crippen LogP contribution in [0, 0.1) is 6.92 Å². The standard InChI is InChI=1S/C13H20O3S/c1-3-4-5-6-7-8-16-11-9-10(2)17-12(11)13(14)15/h9H,3-8H2,1-2H3,(H,14,15). The quantitative estimate of drug-likeness (QED) is 0.712. The largest absolute Gasteiger partial charge is 0.492 e. The van der Waals surface area contributed by atoms with E-state index in [0.717, 1.165) is 17.7 Å². The van der Waals surface area contributed by atoms with Crippen LogP contribution in [0.1, 0.15) is 53.6 Å². The van der Waals surface area contributed by atoms with E-state index in [1.54, 1.807) is 6.07 Å². The van der Waals surface area contributed by atoms with Crippen LogP contribution in [0.4, 0.5) is 0 Å². The van der Waals surface area contributed by atoms with Gasteiger partial charge in [0.05, 0.1) is 6.61 Å². The van der Waals surface area contributed by atoms with E-state index in [9.17, 15) is 4.79 Å². The van der Waals surface area contributed by atoms with Crippen LogP contribution in [0.2, 0.25) is 0 Å². The van der Waals surface area contributed by atoms with Crippen LogP contribution < -0.4 is 4.74 Å². The van der Waals surface area contributed by atoms with Crippen LogP contribution in [0.3, 0.4) is 0 Å². The van der Waals surface area contributed by atoms with Gasteiger partial charge in [-0.2, -0.15) is 0 Å². The Bertz CT molecular complexity index is 358. The van der Waals surface area contributed by atoms with Crippen LogP contribution in [0.25, 0.3) is 0 Å². The molecular weight excluding hydrogens is 236 g/mol. The minimum Gasteiger partial charge on any atom is -0.492 e. The number of thiophene rings is 1. The Balaban J connectivity index is 2.33. The molecule has 0 spiro atoms. The Morgan fingerprint density at radius 1 is 1.35 bits per heavy atom. The summed E-state index contributed by atoms with van der Waals surface area (Å²) < 4.78 is 5.53. The molecule has 0 aliphatic rings. The lowest BCUT2D eigenvalue weighted by Gasteiger charge is -2.04. The van der Waals surface area contributed by atoms with E-state index in [4.69, 9.17) is 9.84 Å². The van der Waals surface area contributed by atoms with Gasteiger partial charge in [0.2, 0.25) is 0 Å². The number of ether oxygens (including phenoxy) is 1. The predicted molar refractivity (Wildman–Crippen MR) is 70.3 cm³/mol. The van der Waals surface area contributed by atoms with E-state index in [1.807, 2.05) is 6.92 Å².